The van der Waals surface area contributed by atoms with Crippen molar-refractivity contribution in [3.63, 3.8) is 0 Å². The molecule has 0 aliphatic carbocycles. The molecule has 1 fully saturated rings. The number of carbonyl (C=O) groups excluding carboxylic acids is 1. The number of nitrogens with two attached hydrogens (primary N) is 1. The zero-order chi connectivity index (χ0) is 13.5. The molecule has 2 rings (SSSR count). The standard InChI is InChI=1S/C15H22N2O2/c16-10-12-4-6-13(7-5-12)11-17-15(18)9-14-3-1-2-8-19-14/h4-7,14H,1-3,8-11,16H2,(H,17,18). The molecule has 1 aromatic carbocycles. The molecule has 19 heavy (non-hydrogen) atoms. The number of nitrogens with one attached hydrogen (secondary N) is 1. The largest absolute Gasteiger partial charge is 0.378 e. The van der Waals surface area contributed by atoms with Crippen molar-refractivity contribution in [3.8, 4) is 0 Å². The van der Waals surface area contributed by atoms with Crippen molar-refractivity contribution in [2.75, 3.05) is 6.61 Å². The molecule has 1 aromatic rings. The fourth-order valence-corrected chi connectivity index (χ4v) is 2.24. The minimum absolute atomic E-state index is 0.0646. The van der Waals surface area contributed by atoms with Crippen molar-refractivity contribution >= 4 is 5.91 Å². The molecule has 1 atom stereocenters. The maximum absolute atomic E-state index is 11.8. The topological polar surface area (TPSA) is 64.3 Å². The third kappa shape index (κ3) is 4.65. The Balaban J connectivity index is 1.72. The lowest BCUT2D eigenvalue weighted by Gasteiger charge is -2.21. The Morgan fingerprint density at radius 3 is 2.63 bits per heavy atom. The lowest BCUT2D eigenvalue weighted by atomic mass is 10.1. The van der Waals surface area contributed by atoms with E-state index in [2.05, 4.69) is 5.32 Å². The van der Waals surface area contributed by atoms with E-state index in [-0.39, 0.29) is 12.0 Å². The Labute approximate surface area is 114 Å². The molecule has 4 heteroatoms. The quantitative estimate of drug-likeness (QED) is 0.849. The van der Waals surface area contributed by atoms with E-state index in [1.165, 1.54) is 6.42 Å². The number of amides is 1. The van der Waals surface area contributed by atoms with E-state index in [4.69, 9.17) is 10.5 Å². The van der Waals surface area contributed by atoms with Gasteiger partial charge in [0.25, 0.3) is 0 Å². The molecule has 4 nitrogen and oxygen atoms in total. The van der Waals surface area contributed by atoms with E-state index in [0.717, 1.165) is 30.6 Å². The molecular weight excluding hydrogens is 240 g/mol. The predicted octanol–water partition coefficient (Wildman–Crippen LogP) is 1.72. The monoisotopic (exact) mass is 262 g/mol. The first-order chi connectivity index (χ1) is 9.28. The van der Waals surface area contributed by atoms with Gasteiger partial charge >= 0.3 is 0 Å². The van der Waals surface area contributed by atoms with Gasteiger partial charge in [-0.25, -0.2) is 0 Å². The van der Waals surface area contributed by atoms with E-state index in [1.54, 1.807) is 0 Å². The summed E-state index contributed by atoms with van der Waals surface area (Å²) in [6.07, 6.45) is 3.86. The first-order valence-corrected chi connectivity index (χ1v) is 6.94. The maximum atomic E-state index is 11.8. The van der Waals surface area contributed by atoms with Crippen LogP contribution in [0.15, 0.2) is 24.3 Å². The molecule has 1 heterocycles. The van der Waals surface area contributed by atoms with Gasteiger partial charge in [0.05, 0.1) is 12.5 Å². The molecular formula is C15H22N2O2. The fourth-order valence-electron chi connectivity index (χ4n) is 2.24. The van der Waals surface area contributed by atoms with Gasteiger partial charge in [-0.2, -0.15) is 0 Å². The van der Waals surface area contributed by atoms with Gasteiger partial charge in [-0.05, 0) is 30.4 Å². The third-order valence-corrected chi connectivity index (χ3v) is 3.44. The summed E-state index contributed by atoms with van der Waals surface area (Å²) in [5.41, 5.74) is 7.74. The van der Waals surface area contributed by atoms with Crippen LogP contribution in [0.3, 0.4) is 0 Å². The SMILES string of the molecule is NCc1ccc(CNC(=O)CC2CCCCO2)cc1. The number of ether oxygens (including phenoxy) is 1. The van der Waals surface area contributed by atoms with Crippen LogP contribution in [0.5, 0.6) is 0 Å². The fraction of sp³-hybridized carbons (Fsp3) is 0.533. The molecule has 0 spiro atoms. The smallest absolute Gasteiger partial charge is 0.222 e. The summed E-state index contributed by atoms with van der Waals surface area (Å²) in [5.74, 6) is 0.0646. The number of carbonyl (C=O) groups is 1. The van der Waals surface area contributed by atoms with E-state index >= 15 is 0 Å². The van der Waals surface area contributed by atoms with Crippen LogP contribution in [0, 0.1) is 0 Å². The van der Waals surface area contributed by atoms with Gasteiger partial charge in [-0.1, -0.05) is 24.3 Å². The summed E-state index contributed by atoms with van der Waals surface area (Å²) in [7, 11) is 0. The summed E-state index contributed by atoms with van der Waals surface area (Å²) >= 11 is 0. The molecule has 104 valence electrons. The van der Waals surface area contributed by atoms with E-state index in [0.29, 0.717) is 19.5 Å². The summed E-state index contributed by atoms with van der Waals surface area (Å²) in [6, 6.07) is 7.98. The molecule has 1 unspecified atom stereocenters. The van der Waals surface area contributed by atoms with Gasteiger partial charge in [0.2, 0.25) is 5.91 Å². The van der Waals surface area contributed by atoms with Crippen molar-refractivity contribution in [2.24, 2.45) is 5.73 Å². The molecule has 0 radical (unpaired) electrons. The number of rotatable bonds is 5. The molecule has 1 aliphatic heterocycles. The Morgan fingerprint density at radius 1 is 1.26 bits per heavy atom. The normalized spacial score (nSPS) is 19.1. The van der Waals surface area contributed by atoms with Gasteiger partial charge in [-0.15, -0.1) is 0 Å². The van der Waals surface area contributed by atoms with Crippen molar-refractivity contribution in [3.05, 3.63) is 35.4 Å². The zero-order valence-electron chi connectivity index (χ0n) is 11.2. The van der Waals surface area contributed by atoms with Gasteiger partial charge in [-0.3, -0.25) is 4.79 Å². The van der Waals surface area contributed by atoms with Crippen LogP contribution in [0.1, 0.15) is 36.8 Å². The molecule has 3 N–H and O–H groups in total. The van der Waals surface area contributed by atoms with Crippen LogP contribution in [0.4, 0.5) is 0 Å². The van der Waals surface area contributed by atoms with E-state index in [1.807, 2.05) is 24.3 Å². The first-order valence-electron chi connectivity index (χ1n) is 6.94. The highest BCUT2D eigenvalue weighted by Crippen LogP contribution is 2.15. The Hall–Kier alpha value is -1.39. The van der Waals surface area contributed by atoms with Gasteiger partial charge in [0, 0.05) is 19.7 Å². The predicted molar refractivity (Wildman–Crippen MR) is 74.4 cm³/mol. The summed E-state index contributed by atoms with van der Waals surface area (Å²) < 4.78 is 5.56. The molecule has 0 aromatic heterocycles. The molecule has 1 amide bonds. The van der Waals surface area contributed by atoms with Gasteiger partial charge in [0.15, 0.2) is 0 Å². The van der Waals surface area contributed by atoms with Crippen LogP contribution in [0.2, 0.25) is 0 Å². The van der Waals surface area contributed by atoms with E-state index < -0.39 is 0 Å². The third-order valence-electron chi connectivity index (χ3n) is 3.44. The second kappa shape index (κ2) is 7.26. The Morgan fingerprint density at radius 2 is 2.00 bits per heavy atom. The zero-order valence-corrected chi connectivity index (χ0v) is 11.2. The number of hydrogen-bond donors (Lipinski definition) is 2. The summed E-state index contributed by atoms with van der Waals surface area (Å²) in [6.45, 7) is 1.90. The highest BCUT2D eigenvalue weighted by molar-refractivity contribution is 5.76. The van der Waals surface area contributed by atoms with Crippen LogP contribution in [-0.4, -0.2) is 18.6 Å². The minimum atomic E-state index is 0.0646. The molecule has 1 aliphatic rings. The minimum Gasteiger partial charge on any atom is -0.378 e. The van der Waals surface area contributed by atoms with Crippen molar-refractivity contribution in [1.29, 1.82) is 0 Å². The van der Waals surface area contributed by atoms with Crippen molar-refractivity contribution < 1.29 is 9.53 Å². The second-order valence-corrected chi connectivity index (χ2v) is 4.99. The van der Waals surface area contributed by atoms with E-state index in [9.17, 15) is 4.79 Å². The number of benzene rings is 1. The summed E-state index contributed by atoms with van der Waals surface area (Å²) in [4.78, 5) is 11.8. The van der Waals surface area contributed by atoms with Crippen LogP contribution in [-0.2, 0) is 22.6 Å². The molecule has 0 saturated carbocycles. The number of hydrogen-bond acceptors (Lipinski definition) is 3. The van der Waals surface area contributed by atoms with Crippen LogP contribution in [0.25, 0.3) is 0 Å². The first kappa shape index (κ1) is 14.0. The highest BCUT2D eigenvalue weighted by Gasteiger charge is 2.17. The lowest BCUT2D eigenvalue weighted by Crippen LogP contribution is -2.30. The van der Waals surface area contributed by atoms with Gasteiger partial charge in [0.1, 0.15) is 0 Å². The maximum Gasteiger partial charge on any atom is 0.222 e. The molecule has 1 saturated heterocycles. The second-order valence-electron chi connectivity index (χ2n) is 4.99. The van der Waals surface area contributed by atoms with Gasteiger partial charge < -0.3 is 15.8 Å². The average molecular weight is 262 g/mol. The van der Waals surface area contributed by atoms with Crippen molar-refractivity contribution in [2.45, 2.75) is 44.9 Å². The average Bonchev–Trinajstić information content (AvgIpc) is 2.47. The summed E-state index contributed by atoms with van der Waals surface area (Å²) in [5, 5.41) is 2.93. The van der Waals surface area contributed by atoms with Crippen LogP contribution >= 0.6 is 0 Å². The Bertz CT molecular complexity index is 397. The van der Waals surface area contributed by atoms with Crippen molar-refractivity contribution in [1.82, 2.24) is 5.32 Å². The Kier molecular flexibility index (Phi) is 5.36. The van der Waals surface area contributed by atoms with Crippen LogP contribution < -0.4 is 11.1 Å². The highest BCUT2D eigenvalue weighted by atomic mass is 16.5. The molecule has 0 bridgehead atoms. The lowest BCUT2D eigenvalue weighted by molar-refractivity contribution is -0.125.